The number of methoxy groups -OCH3 is 1. The van der Waals surface area contributed by atoms with E-state index in [0.29, 0.717) is 6.61 Å². The second-order valence-electron chi connectivity index (χ2n) is 5.90. The molecule has 0 aromatic heterocycles. The van der Waals surface area contributed by atoms with Crippen LogP contribution in [0, 0.1) is 11.8 Å². The van der Waals surface area contributed by atoms with Gasteiger partial charge in [0.15, 0.2) is 5.78 Å². The third kappa shape index (κ3) is 1.91. The van der Waals surface area contributed by atoms with Crippen molar-refractivity contribution in [1.82, 2.24) is 5.32 Å². The molecule has 1 aromatic carbocycles. The second-order valence-corrected chi connectivity index (χ2v) is 5.90. The van der Waals surface area contributed by atoms with E-state index in [0.717, 1.165) is 5.56 Å². The van der Waals surface area contributed by atoms with Crippen molar-refractivity contribution in [3.8, 4) is 0 Å². The van der Waals surface area contributed by atoms with Gasteiger partial charge in [0.2, 0.25) is 6.29 Å². The summed E-state index contributed by atoms with van der Waals surface area (Å²) in [5, 5.41) is 3.28. The maximum atomic E-state index is 12.7. The van der Waals surface area contributed by atoms with Crippen LogP contribution < -0.4 is 5.32 Å². The number of rotatable bonds is 2. The molecule has 3 aliphatic rings. The third-order valence-corrected chi connectivity index (χ3v) is 4.83. The zero-order valence-corrected chi connectivity index (χ0v) is 12.1. The molecule has 1 aromatic rings. The highest BCUT2D eigenvalue weighted by molar-refractivity contribution is 5.89. The van der Waals surface area contributed by atoms with E-state index in [1.165, 1.54) is 7.11 Å². The zero-order chi connectivity index (χ0) is 15.3. The summed E-state index contributed by atoms with van der Waals surface area (Å²) in [4.78, 5) is 24.8. The van der Waals surface area contributed by atoms with E-state index in [4.69, 9.17) is 14.2 Å². The lowest BCUT2D eigenvalue weighted by Crippen LogP contribution is -2.48. The Balaban J connectivity index is 1.75. The topological polar surface area (TPSA) is 73.9 Å². The first-order chi connectivity index (χ1) is 10.7. The first kappa shape index (κ1) is 13.9. The van der Waals surface area contributed by atoms with Gasteiger partial charge in [-0.15, -0.1) is 0 Å². The van der Waals surface area contributed by atoms with Gasteiger partial charge in [0.1, 0.15) is 6.04 Å². The summed E-state index contributed by atoms with van der Waals surface area (Å²) < 4.78 is 15.9. The van der Waals surface area contributed by atoms with Crippen molar-refractivity contribution in [1.29, 1.82) is 0 Å². The van der Waals surface area contributed by atoms with Gasteiger partial charge >= 0.3 is 5.97 Å². The minimum Gasteiger partial charge on any atom is -0.468 e. The normalized spacial score (nSPS) is 39.6. The Kier molecular flexibility index (Phi) is 3.25. The number of carbonyl (C=O) groups excluding carboxylic acids is 2. The Morgan fingerprint density at radius 2 is 2.09 bits per heavy atom. The summed E-state index contributed by atoms with van der Waals surface area (Å²) in [6, 6.07) is 8.90. The number of benzene rings is 1. The number of ether oxygens (including phenoxy) is 3. The molecule has 2 bridgehead atoms. The molecular weight excluding hydrogens is 286 g/mol. The Morgan fingerprint density at radius 1 is 1.32 bits per heavy atom. The van der Waals surface area contributed by atoms with Crippen LogP contribution in [0.3, 0.4) is 0 Å². The number of Topliss-reactive ketones (excluding diaryl/α,β-unsaturated/α-hetero) is 1. The lowest BCUT2D eigenvalue weighted by atomic mass is 9.77. The number of esters is 1. The first-order valence-corrected chi connectivity index (χ1v) is 7.40. The maximum absolute atomic E-state index is 12.7. The van der Waals surface area contributed by atoms with Crippen molar-refractivity contribution in [2.45, 2.75) is 24.5 Å². The summed E-state index contributed by atoms with van der Waals surface area (Å²) in [6.45, 7) is 0.342. The summed E-state index contributed by atoms with van der Waals surface area (Å²) in [7, 11) is 1.36. The number of nitrogens with one attached hydrogen (secondary N) is 1. The van der Waals surface area contributed by atoms with Crippen molar-refractivity contribution in [2.24, 2.45) is 11.8 Å². The minimum absolute atomic E-state index is 0.0912. The highest BCUT2D eigenvalue weighted by atomic mass is 16.7. The fraction of sp³-hybridized carbons (Fsp3) is 0.500. The minimum atomic E-state index is -0.796. The summed E-state index contributed by atoms with van der Waals surface area (Å²) in [6.07, 6.45) is -1.05. The van der Waals surface area contributed by atoms with Crippen LogP contribution in [0.1, 0.15) is 11.6 Å². The predicted octanol–water partition coefficient (Wildman–Crippen LogP) is 0.429. The van der Waals surface area contributed by atoms with Crippen LogP contribution in [-0.4, -0.2) is 43.9 Å². The van der Waals surface area contributed by atoms with Gasteiger partial charge in [-0.1, -0.05) is 30.3 Å². The van der Waals surface area contributed by atoms with E-state index in [2.05, 4.69) is 5.32 Å². The average Bonchev–Trinajstić information content (AvgIpc) is 3.16. The maximum Gasteiger partial charge on any atom is 0.323 e. The monoisotopic (exact) mass is 303 g/mol. The fourth-order valence-electron chi connectivity index (χ4n) is 3.88. The Labute approximate surface area is 127 Å². The Hall–Kier alpha value is -1.76. The van der Waals surface area contributed by atoms with Crippen LogP contribution in [0.2, 0.25) is 0 Å². The van der Waals surface area contributed by atoms with Crippen LogP contribution >= 0.6 is 0 Å². The van der Waals surface area contributed by atoms with Gasteiger partial charge < -0.3 is 14.2 Å². The SMILES string of the molecule is COC(=O)[C@@H]1N[C@H](c2ccccc2)[C@H]2C(=O)[C@@H]3OC[C@@H](O3)[C@H]21. The van der Waals surface area contributed by atoms with Gasteiger partial charge in [-0.05, 0) is 5.56 Å². The van der Waals surface area contributed by atoms with Gasteiger partial charge in [-0.2, -0.15) is 0 Å². The van der Waals surface area contributed by atoms with Crippen molar-refractivity contribution in [3.63, 3.8) is 0 Å². The number of ketones is 1. The molecule has 0 aliphatic carbocycles. The molecule has 3 heterocycles. The van der Waals surface area contributed by atoms with Crippen LogP contribution in [0.4, 0.5) is 0 Å². The molecule has 3 aliphatic heterocycles. The Morgan fingerprint density at radius 3 is 2.82 bits per heavy atom. The largest absolute Gasteiger partial charge is 0.468 e. The number of hydrogen-bond acceptors (Lipinski definition) is 6. The molecule has 3 fully saturated rings. The zero-order valence-electron chi connectivity index (χ0n) is 12.1. The molecule has 6 heteroatoms. The molecule has 0 unspecified atom stereocenters. The molecule has 0 spiro atoms. The lowest BCUT2D eigenvalue weighted by Gasteiger charge is -2.32. The number of carbonyl (C=O) groups is 2. The van der Waals surface area contributed by atoms with E-state index >= 15 is 0 Å². The molecule has 4 rings (SSSR count). The fourth-order valence-corrected chi connectivity index (χ4v) is 3.88. The second kappa shape index (κ2) is 5.15. The molecule has 0 saturated carbocycles. The van der Waals surface area contributed by atoms with Gasteiger partial charge in [0.05, 0.1) is 19.8 Å². The molecule has 3 saturated heterocycles. The molecule has 0 amide bonds. The van der Waals surface area contributed by atoms with Crippen LogP contribution in [0.5, 0.6) is 0 Å². The van der Waals surface area contributed by atoms with Crippen LogP contribution in [0.15, 0.2) is 30.3 Å². The first-order valence-electron chi connectivity index (χ1n) is 7.40. The predicted molar refractivity (Wildman–Crippen MR) is 74.7 cm³/mol. The van der Waals surface area contributed by atoms with E-state index in [-0.39, 0.29) is 35.7 Å². The summed E-state index contributed by atoms with van der Waals surface area (Å²) >= 11 is 0. The Bertz CT molecular complexity index is 604. The molecule has 0 radical (unpaired) electrons. The summed E-state index contributed by atoms with van der Waals surface area (Å²) in [5.74, 6) is -1.05. The van der Waals surface area contributed by atoms with Gasteiger partial charge in [0.25, 0.3) is 0 Å². The summed E-state index contributed by atoms with van der Waals surface area (Å²) in [5.41, 5.74) is 0.985. The molecule has 6 nitrogen and oxygen atoms in total. The highest BCUT2D eigenvalue weighted by Crippen LogP contribution is 2.47. The molecule has 22 heavy (non-hydrogen) atoms. The van der Waals surface area contributed by atoms with E-state index in [1.54, 1.807) is 0 Å². The lowest BCUT2D eigenvalue weighted by molar-refractivity contribution is -0.166. The van der Waals surface area contributed by atoms with Gasteiger partial charge in [-0.25, -0.2) is 0 Å². The molecule has 116 valence electrons. The number of fused-ring (bicyclic) bond motifs is 4. The van der Waals surface area contributed by atoms with Crippen LogP contribution in [0.25, 0.3) is 0 Å². The van der Waals surface area contributed by atoms with Crippen molar-refractivity contribution in [2.75, 3.05) is 13.7 Å². The van der Waals surface area contributed by atoms with Gasteiger partial charge in [-0.3, -0.25) is 14.9 Å². The molecule has 1 N–H and O–H groups in total. The smallest absolute Gasteiger partial charge is 0.323 e. The van der Waals surface area contributed by atoms with Crippen molar-refractivity contribution >= 4 is 11.8 Å². The number of hydrogen-bond donors (Lipinski definition) is 1. The average molecular weight is 303 g/mol. The standard InChI is InChI=1S/C16H17NO5/c1-20-15(19)13-10-9-7-21-16(22-9)14(18)11(10)12(17-13)8-5-3-2-4-6-8/h2-6,9-13,16-17H,7H2,1H3/t9-,10-,11+,12-,13-,16-/m1/s1. The van der Waals surface area contributed by atoms with Gasteiger partial charge in [0, 0.05) is 17.9 Å². The van der Waals surface area contributed by atoms with Crippen LogP contribution in [-0.2, 0) is 23.8 Å². The van der Waals surface area contributed by atoms with E-state index in [1.807, 2.05) is 30.3 Å². The van der Waals surface area contributed by atoms with E-state index in [9.17, 15) is 9.59 Å². The highest BCUT2D eigenvalue weighted by Gasteiger charge is 2.61. The quantitative estimate of drug-likeness (QED) is 0.799. The van der Waals surface area contributed by atoms with Crippen molar-refractivity contribution in [3.05, 3.63) is 35.9 Å². The van der Waals surface area contributed by atoms with E-state index < -0.39 is 12.3 Å². The molecule has 6 atom stereocenters. The van der Waals surface area contributed by atoms with Crippen molar-refractivity contribution < 1.29 is 23.8 Å². The third-order valence-electron chi connectivity index (χ3n) is 4.83. The molecular formula is C16H17NO5.